The number of carboxylic acid groups (broad SMARTS) is 1. The molecular formula is C12H19NO2S. The molecule has 1 fully saturated rings. The van der Waals surface area contributed by atoms with E-state index in [9.17, 15) is 4.79 Å². The fraction of sp³-hybridized carbons (Fsp3) is 0.667. The molecule has 0 aliphatic heterocycles. The summed E-state index contributed by atoms with van der Waals surface area (Å²) in [6.45, 7) is 5.87. The molecule has 1 saturated carbocycles. The Kier molecular flexibility index (Phi) is 4.93. The van der Waals surface area contributed by atoms with Crippen molar-refractivity contribution in [2.75, 3.05) is 0 Å². The summed E-state index contributed by atoms with van der Waals surface area (Å²) in [6, 6.07) is 0. The summed E-state index contributed by atoms with van der Waals surface area (Å²) in [6.07, 6.45) is 4.62. The number of aryl methyl sites for hydroxylation is 1. The lowest BCUT2D eigenvalue weighted by Crippen LogP contribution is -2.02. The first-order valence-electron chi connectivity index (χ1n) is 5.89. The van der Waals surface area contributed by atoms with Crippen LogP contribution >= 0.6 is 11.3 Å². The van der Waals surface area contributed by atoms with Crippen LogP contribution in [-0.2, 0) is 0 Å². The van der Waals surface area contributed by atoms with Crippen LogP contribution in [0.4, 0.5) is 0 Å². The van der Waals surface area contributed by atoms with Gasteiger partial charge >= 0.3 is 5.97 Å². The summed E-state index contributed by atoms with van der Waals surface area (Å²) in [5, 5.41) is 9.87. The number of carbonyl (C=O) groups is 1. The fourth-order valence-electron chi connectivity index (χ4n) is 2.07. The van der Waals surface area contributed by atoms with Crippen molar-refractivity contribution in [1.82, 2.24) is 4.98 Å². The number of aromatic carboxylic acids is 1. The Bertz CT molecular complexity index is 354. The Hall–Kier alpha value is -0.900. The van der Waals surface area contributed by atoms with Crippen LogP contribution < -0.4 is 0 Å². The van der Waals surface area contributed by atoms with Gasteiger partial charge in [-0.05, 0) is 19.8 Å². The van der Waals surface area contributed by atoms with Crippen LogP contribution in [-0.4, -0.2) is 16.1 Å². The molecule has 0 spiro atoms. The van der Waals surface area contributed by atoms with E-state index in [0.29, 0.717) is 10.8 Å². The number of thiazole rings is 1. The molecule has 3 nitrogen and oxygen atoms in total. The van der Waals surface area contributed by atoms with Gasteiger partial charge in [0.25, 0.3) is 0 Å². The van der Waals surface area contributed by atoms with Crippen LogP contribution in [0.1, 0.15) is 65.8 Å². The second-order valence-corrected chi connectivity index (χ2v) is 4.94. The molecule has 0 saturated heterocycles. The third-order valence-corrected chi connectivity index (χ3v) is 3.67. The lowest BCUT2D eigenvalue weighted by molar-refractivity contribution is 0.0700. The van der Waals surface area contributed by atoms with Crippen LogP contribution in [0.2, 0.25) is 0 Å². The summed E-state index contributed by atoms with van der Waals surface area (Å²) >= 11 is 1.30. The quantitative estimate of drug-likeness (QED) is 0.856. The highest BCUT2D eigenvalue weighted by Crippen LogP contribution is 2.36. The van der Waals surface area contributed by atoms with Gasteiger partial charge in [-0.2, -0.15) is 0 Å². The molecule has 1 aliphatic rings. The van der Waals surface area contributed by atoms with Crippen molar-refractivity contribution < 1.29 is 9.90 Å². The molecule has 0 bridgehead atoms. The van der Waals surface area contributed by atoms with Crippen molar-refractivity contribution in [3.05, 3.63) is 15.6 Å². The first kappa shape index (κ1) is 13.2. The number of rotatable bonds is 2. The van der Waals surface area contributed by atoms with Gasteiger partial charge in [0.1, 0.15) is 4.88 Å². The maximum absolute atomic E-state index is 11.0. The molecule has 1 aromatic rings. The summed E-state index contributed by atoms with van der Waals surface area (Å²) in [5.74, 6) is -0.427. The molecular weight excluding hydrogens is 222 g/mol. The van der Waals surface area contributed by atoms with Crippen LogP contribution in [0, 0.1) is 6.92 Å². The summed E-state index contributed by atoms with van der Waals surface area (Å²) in [7, 11) is 0. The normalized spacial score (nSPS) is 15.7. The minimum absolute atomic E-state index is 0.394. The molecule has 90 valence electrons. The number of nitrogens with zero attached hydrogens (tertiary/aromatic N) is 1. The molecule has 2 rings (SSSR count). The number of hydrogen-bond acceptors (Lipinski definition) is 3. The van der Waals surface area contributed by atoms with Gasteiger partial charge in [-0.1, -0.05) is 26.7 Å². The zero-order chi connectivity index (χ0) is 12.1. The van der Waals surface area contributed by atoms with Crippen molar-refractivity contribution in [1.29, 1.82) is 0 Å². The lowest BCUT2D eigenvalue weighted by atomic mass is 10.0. The molecule has 0 amide bonds. The molecule has 1 N–H and O–H groups in total. The van der Waals surface area contributed by atoms with Gasteiger partial charge in [-0.25, -0.2) is 9.78 Å². The molecule has 4 heteroatoms. The highest BCUT2D eigenvalue weighted by Gasteiger charge is 2.25. The van der Waals surface area contributed by atoms with Crippen molar-refractivity contribution in [2.45, 2.75) is 52.4 Å². The second-order valence-electron chi connectivity index (χ2n) is 3.73. The predicted molar refractivity (Wildman–Crippen MR) is 66.4 cm³/mol. The van der Waals surface area contributed by atoms with Gasteiger partial charge in [0.05, 0.1) is 10.7 Å². The molecule has 1 heterocycles. The van der Waals surface area contributed by atoms with Crippen molar-refractivity contribution >= 4 is 17.3 Å². The number of carboxylic acids is 1. The van der Waals surface area contributed by atoms with Gasteiger partial charge in [-0.15, -0.1) is 11.3 Å². The lowest BCUT2D eigenvalue weighted by Gasteiger charge is -2.05. The topological polar surface area (TPSA) is 50.2 Å². The SMILES string of the molecule is CC.Cc1nc(C2CCCC2)c(C(=O)O)s1. The average Bonchev–Trinajstić information content (AvgIpc) is 2.88. The summed E-state index contributed by atoms with van der Waals surface area (Å²) in [5.41, 5.74) is 0.831. The first-order chi connectivity index (χ1) is 7.68. The van der Waals surface area contributed by atoms with E-state index >= 15 is 0 Å². The zero-order valence-corrected chi connectivity index (χ0v) is 10.9. The summed E-state index contributed by atoms with van der Waals surface area (Å²) in [4.78, 5) is 15.8. The van der Waals surface area contributed by atoms with E-state index in [0.717, 1.165) is 23.5 Å². The van der Waals surface area contributed by atoms with E-state index in [4.69, 9.17) is 5.11 Å². The summed E-state index contributed by atoms with van der Waals surface area (Å²) < 4.78 is 0. The molecule has 1 aliphatic carbocycles. The smallest absolute Gasteiger partial charge is 0.347 e. The minimum Gasteiger partial charge on any atom is -0.477 e. The third kappa shape index (κ3) is 2.82. The van der Waals surface area contributed by atoms with Crippen molar-refractivity contribution in [3.8, 4) is 0 Å². The Labute approximate surface area is 101 Å². The molecule has 1 aromatic heterocycles. The van der Waals surface area contributed by atoms with Gasteiger partial charge in [0.15, 0.2) is 0 Å². The largest absolute Gasteiger partial charge is 0.477 e. The monoisotopic (exact) mass is 241 g/mol. The van der Waals surface area contributed by atoms with E-state index < -0.39 is 5.97 Å². The maximum Gasteiger partial charge on any atom is 0.347 e. The Morgan fingerprint density at radius 2 is 1.94 bits per heavy atom. The number of hydrogen-bond donors (Lipinski definition) is 1. The molecule has 16 heavy (non-hydrogen) atoms. The Morgan fingerprint density at radius 1 is 1.38 bits per heavy atom. The van der Waals surface area contributed by atoms with Crippen LogP contribution in [0.5, 0.6) is 0 Å². The highest BCUT2D eigenvalue weighted by atomic mass is 32.1. The van der Waals surface area contributed by atoms with E-state index in [2.05, 4.69) is 4.98 Å². The van der Waals surface area contributed by atoms with Crippen molar-refractivity contribution in [2.24, 2.45) is 0 Å². The standard InChI is InChI=1S/C10H13NO2S.C2H6/c1-6-11-8(7-4-2-3-5-7)9(14-6)10(12)13;1-2/h7H,2-5H2,1H3,(H,12,13);1-2H3. The zero-order valence-electron chi connectivity index (χ0n) is 10.1. The average molecular weight is 241 g/mol. The van der Waals surface area contributed by atoms with E-state index in [1.54, 1.807) is 0 Å². The van der Waals surface area contributed by atoms with E-state index in [1.807, 2.05) is 20.8 Å². The molecule has 0 aromatic carbocycles. The van der Waals surface area contributed by atoms with Gasteiger partial charge in [-0.3, -0.25) is 0 Å². The van der Waals surface area contributed by atoms with Gasteiger partial charge in [0.2, 0.25) is 0 Å². The number of aromatic nitrogens is 1. The van der Waals surface area contributed by atoms with Gasteiger partial charge in [0, 0.05) is 5.92 Å². The Morgan fingerprint density at radius 3 is 2.44 bits per heavy atom. The first-order valence-corrected chi connectivity index (χ1v) is 6.70. The Balaban J connectivity index is 0.000000606. The fourth-order valence-corrected chi connectivity index (χ4v) is 2.92. The van der Waals surface area contributed by atoms with Gasteiger partial charge < -0.3 is 5.11 Å². The van der Waals surface area contributed by atoms with E-state index in [1.165, 1.54) is 24.2 Å². The maximum atomic E-state index is 11.0. The second kappa shape index (κ2) is 5.99. The third-order valence-electron chi connectivity index (χ3n) is 2.70. The molecule has 0 atom stereocenters. The predicted octanol–water partition coefficient (Wildman–Crippen LogP) is 3.83. The van der Waals surface area contributed by atoms with E-state index in [-0.39, 0.29) is 0 Å². The minimum atomic E-state index is -0.822. The van der Waals surface area contributed by atoms with Crippen LogP contribution in [0.25, 0.3) is 0 Å². The molecule has 0 unspecified atom stereocenters. The van der Waals surface area contributed by atoms with Crippen LogP contribution in [0.3, 0.4) is 0 Å². The molecule has 0 radical (unpaired) electrons. The van der Waals surface area contributed by atoms with Crippen molar-refractivity contribution in [3.63, 3.8) is 0 Å². The highest BCUT2D eigenvalue weighted by molar-refractivity contribution is 7.13. The van der Waals surface area contributed by atoms with Crippen LogP contribution in [0.15, 0.2) is 0 Å².